The summed E-state index contributed by atoms with van der Waals surface area (Å²) in [5.41, 5.74) is 0. The second-order valence-electron chi connectivity index (χ2n) is 2.31. The van der Waals surface area contributed by atoms with Crippen molar-refractivity contribution in [2.24, 2.45) is 0 Å². The zero-order valence-electron chi connectivity index (χ0n) is 8.01. The fourth-order valence-electron chi connectivity index (χ4n) is 0.648. The van der Waals surface area contributed by atoms with Gasteiger partial charge in [0, 0.05) is 13.2 Å². The number of likely N-dealkylation sites (N-methyl/N-ethyl adjacent to an activating group) is 1. The third kappa shape index (κ3) is 9.62. The summed E-state index contributed by atoms with van der Waals surface area (Å²) >= 11 is 0. The summed E-state index contributed by atoms with van der Waals surface area (Å²) in [6.45, 7) is 5.78. The molecule has 0 aliphatic rings. The Balaban J connectivity index is 2.92. The molecule has 0 aromatic heterocycles. The summed E-state index contributed by atoms with van der Waals surface area (Å²) in [5, 5.41) is 3.01. The van der Waals surface area contributed by atoms with E-state index in [0.717, 1.165) is 19.8 Å². The minimum absolute atomic E-state index is 0.675. The van der Waals surface area contributed by atoms with E-state index in [-0.39, 0.29) is 0 Å². The van der Waals surface area contributed by atoms with Crippen LogP contribution >= 0.6 is 0 Å². The van der Waals surface area contributed by atoms with Gasteiger partial charge in [-0.3, -0.25) is 0 Å². The Hall–Kier alpha value is -0.380. The molecule has 0 radical (unpaired) electrons. The molecule has 72 valence electrons. The Morgan fingerprint density at radius 1 is 1.17 bits per heavy atom. The van der Waals surface area contributed by atoms with Gasteiger partial charge in [-0.2, -0.15) is 0 Å². The molecule has 0 unspecified atom stereocenters. The van der Waals surface area contributed by atoms with Gasteiger partial charge < -0.3 is 14.8 Å². The highest BCUT2D eigenvalue weighted by atomic mass is 16.5. The average Bonchev–Trinajstić information content (AvgIpc) is 2.10. The molecule has 3 heteroatoms. The van der Waals surface area contributed by atoms with Crippen molar-refractivity contribution in [3.8, 4) is 0 Å². The summed E-state index contributed by atoms with van der Waals surface area (Å²) in [5.74, 6) is 0. The molecule has 0 atom stereocenters. The Morgan fingerprint density at radius 2 is 1.83 bits per heavy atom. The number of rotatable bonds is 8. The van der Waals surface area contributed by atoms with Crippen molar-refractivity contribution in [1.82, 2.24) is 5.32 Å². The highest BCUT2D eigenvalue weighted by Crippen LogP contribution is 1.79. The molecule has 0 aromatic carbocycles. The molecule has 3 nitrogen and oxygen atoms in total. The largest absolute Gasteiger partial charge is 0.378 e. The van der Waals surface area contributed by atoms with Gasteiger partial charge in [-0.05, 0) is 14.0 Å². The highest BCUT2D eigenvalue weighted by Gasteiger charge is 1.81. The van der Waals surface area contributed by atoms with Crippen LogP contribution in [0, 0.1) is 0 Å². The first-order valence-corrected chi connectivity index (χ1v) is 4.37. The molecule has 0 bridgehead atoms. The molecular weight excluding hydrogens is 154 g/mol. The lowest BCUT2D eigenvalue weighted by Crippen LogP contribution is -2.14. The Labute approximate surface area is 74.7 Å². The summed E-state index contributed by atoms with van der Waals surface area (Å²) in [7, 11) is 1.91. The fraction of sp³-hybridized carbons (Fsp3) is 0.778. The van der Waals surface area contributed by atoms with E-state index in [2.05, 4.69) is 5.32 Å². The second kappa shape index (κ2) is 10.6. The topological polar surface area (TPSA) is 30.5 Å². The monoisotopic (exact) mass is 173 g/mol. The summed E-state index contributed by atoms with van der Waals surface area (Å²) in [6.07, 6.45) is 3.95. The molecular formula is C9H19NO2. The first-order chi connectivity index (χ1) is 5.91. The fourth-order valence-corrected chi connectivity index (χ4v) is 0.648. The van der Waals surface area contributed by atoms with Crippen LogP contribution in [0.4, 0.5) is 0 Å². The minimum Gasteiger partial charge on any atom is -0.378 e. The van der Waals surface area contributed by atoms with Crippen LogP contribution in [-0.2, 0) is 9.47 Å². The molecule has 1 N–H and O–H groups in total. The number of nitrogens with one attached hydrogen (secondary N) is 1. The van der Waals surface area contributed by atoms with E-state index >= 15 is 0 Å². The maximum absolute atomic E-state index is 5.25. The van der Waals surface area contributed by atoms with Crippen molar-refractivity contribution in [1.29, 1.82) is 0 Å². The van der Waals surface area contributed by atoms with E-state index in [1.807, 2.05) is 26.1 Å². The van der Waals surface area contributed by atoms with Gasteiger partial charge in [-0.25, -0.2) is 0 Å². The SMILES string of the molecule is CCOC/C=C\COCCNC. The quantitative estimate of drug-likeness (QED) is 0.435. The molecule has 0 saturated carbocycles. The van der Waals surface area contributed by atoms with E-state index < -0.39 is 0 Å². The summed E-state index contributed by atoms with van der Waals surface area (Å²) in [6, 6.07) is 0. The zero-order chi connectivity index (χ0) is 9.07. The lowest BCUT2D eigenvalue weighted by molar-refractivity contribution is 0.161. The Kier molecular flexibility index (Phi) is 10.3. The third-order valence-electron chi connectivity index (χ3n) is 1.30. The third-order valence-corrected chi connectivity index (χ3v) is 1.30. The minimum atomic E-state index is 0.675. The maximum atomic E-state index is 5.25. The molecule has 0 rings (SSSR count). The van der Waals surface area contributed by atoms with Crippen LogP contribution in [0.2, 0.25) is 0 Å². The summed E-state index contributed by atoms with van der Waals surface area (Å²) in [4.78, 5) is 0. The van der Waals surface area contributed by atoms with Crippen molar-refractivity contribution in [2.45, 2.75) is 6.92 Å². The Bertz CT molecular complexity index is 105. The standard InChI is InChI=1S/C9H19NO2/c1-3-11-7-4-5-8-12-9-6-10-2/h4-5,10H,3,6-9H2,1-2H3/b5-4-. The molecule has 0 saturated heterocycles. The van der Waals surface area contributed by atoms with Crippen molar-refractivity contribution in [3.05, 3.63) is 12.2 Å². The molecule has 0 heterocycles. The van der Waals surface area contributed by atoms with E-state index in [4.69, 9.17) is 9.47 Å². The lowest BCUT2D eigenvalue weighted by atomic mass is 10.5. The second-order valence-corrected chi connectivity index (χ2v) is 2.31. The number of ether oxygens (including phenoxy) is 2. The van der Waals surface area contributed by atoms with Crippen molar-refractivity contribution in [3.63, 3.8) is 0 Å². The maximum Gasteiger partial charge on any atom is 0.0648 e. The average molecular weight is 173 g/mol. The predicted octanol–water partition coefficient (Wildman–Crippen LogP) is 0.815. The smallest absolute Gasteiger partial charge is 0.0648 e. The van der Waals surface area contributed by atoms with Gasteiger partial charge >= 0.3 is 0 Å². The normalized spacial score (nSPS) is 11.2. The highest BCUT2D eigenvalue weighted by molar-refractivity contribution is 4.80. The lowest BCUT2D eigenvalue weighted by Gasteiger charge is -1.98. The molecule has 0 aliphatic heterocycles. The van der Waals surface area contributed by atoms with Gasteiger partial charge in [-0.15, -0.1) is 0 Å². The van der Waals surface area contributed by atoms with Crippen LogP contribution in [0.1, 0.15) is 6.92 Å². The van der Waals surface area contributed by atoms with Gasteiger partial charge in [0.2, 0.25) is 0 Å². The first-order valence-electron chi connectivity index (χ1n) is 4.37. The number of hydrogen-bond donors (Lipinski definition) is 1. The molecule has 0 aromatic rings. The molecule has 0 aliphatic carbocycles. The first kappa shape index (κ1) is 11.6. The van der Waals surface area contributed by atoms with E-state index in [1.165, 1.54) is 0 Å². The molecule has 12 heavy (non-hydrogen) atoms. The zero-order valence-corrected chi connectivity index (χ0v) is 8.01. The van der Waals surface area contributed by atoms with Gasteiger partial charge in [-0.1, -0.05) is 12.2 Å². The van der Waals surface area contributed by atoms with Crippen LogP contribution in [-0.4, -0.2) is 40.0 Å². The van der Waals surface area contributed by atoms with E-state index in [1.54, 1.807) is 0 Å². The van der Waals surface area contributed by atoms with Crippen LogP contribution in [0.3, 0.4) is 0 Å². The van der Waals surface area contributed by atoms with E-state index in [0.29, 0.717) is 13.2 Å². The molecule has 0 fully saturated rings. The molecule has 0 amide bonds. The number of hydrogen-bond acceptors (Lipinski definition) is 3. The predicted molar refractivity (Wildman–Crippen MR) is 50.4 cm³/mol. The van der Waals surface area contributed by atoms with Crippen LogP contribution < -0.4 is 5.32 Å². The summed E-state index contributed by atoms with van der Waals surface area (Å²) < 4.78 is 10.4. The Morgan fingerprint density at radius 3 is 2.42 bits per heavy atom. The van der Waals surface area contributed by atoms with Crippen molar-refractivity contribution < 1.29 is 9.47 Å². The van der Waals surface area contributed by atoms with Crippen LogP contribution in [0.5, 0.6) is 0 Å². The van der Waals surface area contributed by atoms with Gasteiger partial charge in [0.25, 0.3) is 0 Å². The van der Waals surface area contributed by atoms with E-state index in [9.17, 15) is 0 Å². The van der Waals surface area contributed by atoms with Crippen molar-refractivity contribution >= 4 is 0 Å². The van der Waals surface area contributed by atoms with Crippen molar-refractivity contribution in [2.75, 3.05) is 40.0 Å². The van der Waals surface area contributed by atoms with Gasteiger partial charge in [0.05, 0.1) is 19.8 Å². The van der Waals surface area contributed by atoms with Crippen LogP contribution in [0.15, 0.2) is 12.2 Å². The van der Waals surface area contributed by atoms with Gasteiger partial charge in [0.15, 0.2) is 0 Å². The van der Waals surface area contributed by atoms with Crippen LogP contribution in [0.25, 0.3) is 0 Å². The van der Waals surface area contributed by atoms with Gasteiger partial charge in [0.1, 0.15) is 0 Å². The molecule has 0 spiro atoms.